The normalized spacial score (nSPS) is 40.9. The molecule has 12 heavy (non-hydrogen) atoms. The van der Waals surface area contributed by atoms with Gasteiger partial charge in [-0.25, -0.2) is 0 Å². The molecular formula is C9H12O3. The molecule has 1 aliphatic carbocycles. The predicted octanol–water partition coefficient (Wildman–Crippen LogP) is 1.12. The van der Waals surface area contributed by atoms with Gasteiger partial charge in [0.15, 0.2) is 0 Å². The van der Waals surface area contributed by atoms with E-state index in [1.54, 1.807) is 0 Å². The molecule has 0 unspecified atom stereocenters. The van der Waals surface area contributed by atoms with E-state index in [0.29, 0.717) is 5.92 Å². The third kappa shape index (κ3) is 1.04. The van der Waals surface area contributed by atoms with Gasteiger partial charge in [-0.1, -0.05) is 6.92 Å². The van der Waals surface area contributed by atoms with Crippen LogP contribution in [0.3, 0.4) is 0 Å². The number of cyclic esters (lactones) is 2. The van der Waals surface area contributed by atoms with Crippen LogP contribution >= 0.6 is 0 Å². The molecule has 1 aliphatic heterocycles. The van der Waals surface area contributed by atoms with Crippen molar-refractivity contribution in [1.29, 1.82) is 0 Å². The fraction of sp³-hybridized carbons (Fsp3) is 0.778. The zero-order chi connectivity index (χ0) is 8.72. The van der Waals surface area contributed by atoms with Crippen molar-refractivity contribution < 1.29 is 14.3 Å². The lowest BCUT2D eigenvalue weighted by molar-refractivity contribution is -0.153. The lowest BCUT2D eigenvalue weighted by Crippen LogP contribution is -2.25. The van der Waals surface area contributed by atoms with Crippen LogP contribution in [-0.4, -0.2) is 11.9 Å². The molecule has 1 saturated heterocycles. The van der Waals surface area contributed by atoms with Crippen molar-refractivity contribution in [2.75, 3.05) is 0 Å². The highest BCUT2D eigenvalue weighted by atomic mass is 16.6. The Bertz CT molecular complexity index is 234. The Balaban J connectivity index is 2.17. The SMILES string of the molecule is C[C@H]1CC[C@H]2C(=O)OC(=O)[C@H]2C1. The average Bonchev–Trinajstić information content (AvgIpc) is 2.28. The molecule has 0 bridgehead atoms. The molecule has 2 rings (SSSR count). The molecule has 0 N–H and O–H groups in total. The summed E-state index contributed by atoms with van der Waals surface area (Å²) in [4.78, 5) is 22.2. The first-order valence-electron chi connectivity index (χ1n) is 4.44. The van der Waals surface area contributed by atoms with Gasteiger partial charge in [0.2, 0.25) is 0 Å². The van der Waals surface area contributed by atoms with Crippen LogP contribution in [-0.2, 0) is 14.3 Å². The summed E-state index contributed by atoms with van der Waals surface area (Å²) >= 11 is 0. The van der Waals surface area contributed by atoms with Gasteiger partial charge in [0.1, 0.15) is 0 Å². The second kappa shape index (κ2) is 2.57. The van der Waals surface area contributed by atoms with Crippen LogP contribution in [0.2, 0.25) is 0 Å². The molecule has 0 radical (unpaired) electrons. The minimum Gasteiger partial charge on any atom is -0.393 e. The zero-order valence-electron chi connectivity index (χ0n) is 7.08. The van der Waals surface area contributed by atoms with Crippen LogP contribution in [0.25, 0.3) is 0 Å². The summed E-state index contributed by atoms with van der Waals surface area (Å²) in [5, 5.41) is 0. The Hall–Kier alpha value is -0.860. The number of carbonyl (C=O) groups is 2. The van der Waals surface area contributed by atoms with Gasteiger partial charge in [0.05, 0.1) is 11.8 Å². The van der Waals surface area contributed by atoms with E-state index in [9.17, 15) is 9.59 Å². The first-order chi connectivity index (χ1) is 5.68. The van der Waals surface area contributed by atoms with Crippen molar-refractivity contribution in [2.45, 2.75) is 26.2 Å². The average molecular weight is 168 g/mol. The Labute approximate surface area is 71.1 Å². The van der Waals surface area contributed by atoms with Crippen molar-refractivity contribution >= 4 is 11.9 Å². The van der Waals surface area contributed by atoms with E-state index in [4.69, 9.17) is 0 Å². The highest BCUT2D eigenvalue weighted by Gasteiger charge is 2.46. The van der Waals surface area contributed by atoms with E-state index in [2.05, 4.69) is 11.7 Å². The van der Waals surface area contributed by atoms with E-state index >= 15 is 0 Å². The summed E-state index contributed by atoms with van der Waals surface area (Å²) in [7, 11) is 0. The molecule has 2 aliphatic rings. The van der Waals surface area contributed by atoms with Crippen LogP contribution in [0.5, 0.6) is 0 Å². The molecule has 3 atom stereocenters. The number of fused-ring (bicyclic) bond motifs is 1. The first-order valence-corrected chi connectivity index (χ1v) is 4.44. The van der Waals surface area contributed by atoms with E-state index in [1.165, 1.54) is 0 Å². The summed E-state index contributed by atoms with van der Waals surface area (Å²) < 4.78 is 4.58. The fourth-order valence-electron chi connectivity index (χ4n) is 2.17. The summed E-state index contributed by atoms with van der Waals surface area (Å²) in [6.45, 7) is 2.12. The summed E-state index contributed by atoms with van der Waals surface area (Å²) in [6.07, 6.45) is 2.70. The molecule has 0 amide bonds. The highest BCUT2D eigenvalue weighted by molar-refractivity contribution is 5.96. The van der Waals surface area contributed by atoms with Crippen molar-refractivity contribution in [2.24, 2.45) is 17.8 Å². The van der Waals surface area contributed by atoms with E-state index in [-0.39, 0.29) is 23.8 Å². The van der Waals surface area contributed by atoms with Gasteiger partial charge in [0.25, 0.3) is 0 Å². The van der Waals surface area contributed by atoms with Crippen LogP contribution in [0.1, 0.15) is 26.2 Å². The van der Waals surface area contributed by atoms with Crippen LogP contribution in [0, 0.1) is 17.8 Å². The predicted molar refractivity (Wildman–Crippen MR) is 41.1 cm³/mol. The molecule has 3 heteroatoms. The lowest BCUT2D eigenvalue weighted by Gasteiger charge is -2.24. The minimum atomic E-state index is -0.295. The number of carbonyl (C=O) groups excluding carboxylic acids is 2. The smallest absolute Gasteiger partial charge is 0.317 e. The Morgan fingerprint density at radius 1 is 1.17 bits per heavy atom. The second-order valence-electron chi connectivity index (χ2n) is 3.87. The molecule has 3 nitrogen and oxygen atoms in total. The topological polar surface area (TPSA) is 43.4 Å². The molecule has 1 saturated carbocycles. The van der Waals surface area contributed by atoms with Crippen LogP contribution in [0.4, 0.5) is 0 Å². The molecule has 0 aromatic rings. The molecular weight excluding hydrogens is 156 g/mol. The largest absolute Gasteiger partial charge is 0.393 e. The fourth-order valence-corrected chi connectivity index (χ4v) is 2.17. The number of hydrogen-bond donors (Lipinski definition) is 0. The summed E-state index contributed by atoms with van der Waals surface area (Å²) in [5.41, 5.74) is 0. The van der Waals surface area contributed by atoms with Crippen LogP contribution in [0.15, 0.2) is 0 Å². The number of esters is 2. The second-order valence-corrected chi connectivity index (χ2v) is 3.87. The Kier molecular flexibility index (Phi) is 1.67. The quantitative estimate of drug-likeness (QED) is 0.402. The van der Waals surface area contributed by atoms with Gasteiger partial charge >= 0.3 is 11.9 Å². The van der Waals surface area contributed by atoms with Crippen molar-refractivity contribution in [3.63, 3.8) is 0 Å². The van der Waals surface area contributed by atoms with Crippen molar-refractivity contribution in [1.82, 2.24) is 0 Å². The van der Waals surface area contributed by atoms with Gasteiger partial charge in [0, 0.05) is 0 Å². The van der Waals surface area contributed by atoms with E-state index in [0.717, 1.165) is 19.3 Å². The third-order valence-electron chi connectivity index (χ3n) is 2.92. The zero-order valence-corrected chi connectivity index (χ0v) is 7.08. The molecule has 66 valence electrons. The highest BCUT2D eigenvalue weighted by Crippen LogP contribution is 2.38. The maximum Gasteiger partial charge on any atom is 0.317 e. The summed E-state index contributed by atoms with van der Waals surface area (Å²) in [5.74, 6) is -0.270. The van der Waals surface area contributed by atoms with E-state index < -0.39 is 0 Å². The van der Waals surface area contributed by atoms with Gasteiger partial charge in [-0.05, 0) is 25.2 Å². The van der Waals surface area contributed by atoms with Crippen molar-refractivity contribution in [3.8, 4) is 0 Å². The van der Waals surface area contributed by atoms with E-state index in [1.807, 2.05) is 0 Å². The van der Waals surface area contributed by atoms with Crippen LogP contribution < -0.4 is 0 Å². The molecule has 2 fully saturated rings. The molecule has 0 spiro atoms. The summed E-state index contributed by atoms with van der Waals surface area (Å²) in [6, 6.07) is 0. The minimum absolute atomic E-state index is 0.117. The lowest BCUT2D eigenvalue weighted by atomic mass is 9.76. The van der Waals surface area contributed by atoms with Gasteiger partial charge in [-0.15, -0.1) is 0 Å². The van der Waals surface area contributed by atoms with Crippen molar-refractivity contribution in [3.05, 3.63) is 0 Å². The molecule has 0 aromatic heterocycles. The molecule has 1 heterocycles. The monoisotopic (exact) mass is 168 g/mol. The maximum absolute atomic E-state index is 11.1. The Morgan fingerprint density at radius 2 is 1.83 bits per heavy atom. The van der Waals surface area contributed by atoms with Gasteiger partial charge in [-0.2, -0.15) is 0 Å². The number of rotatable bonds is 0. The third-order valence-corrected chi connectivity index (χ3v) is 2.92. The maximum atomic E-state index is 11.1. The van der Waals surface area contributed by atoms with Gasteiger partial charge < -0.3 is 4.74 Å². The number of hydrogen-bond acceptors (Lipinski definition) is 3. The number of ether oxygens (including phenoxy) is 1. The first kappa shape index (κ1) is 7.77. The Morgan fingerprint density at radius 3 is 2.58 bits per heavy atom. The standard InChI is InChI=1S/C9H12O3/c1-5-2-3-6-7(4-5)9(11)12-8(6)10/h5-7H,2-4H2,1H3/t5-,6+,7-/m0/s1. The molecule has 0 aromatic carbocycles. The van der Waals surface area contributed by atoms with Gasteiger partial charge in [-0.3, -0.25) is 9.59 Å².